The second-order valence-electron chi connectivity index (χ2n) is 8.65. The van der Waals surface area contributed by atoms with E-state index in [9.17, 15) is 30.9 Å². The van der Waals surface area contributed by atoms with E-state index < -0.39 is 43.6 Å². The average molecular weight is 522 g/mol. The van der Waals surface area contributed by atoms with Crippen LogP contribution in [0.5, 0.6) is 5.75 Å². The monoisotopic (exact) mass is 521 g/mol. The van der Waals surface area contributed by atoms with Gasteiger partial charge in [0.15, 0.2) is 0 Å². The van der Waals surface area contributed by atoms with Gasteiger partial charge in [-0.3, -0.25) is 0 Å². The third kappa shape index (κ3) is 6.23. The summed E-state index contributed by atoms with van der Waals surface area (Å²) >= 11 is 0. The van der Waals surface area contributed by atoms with E-state index in [1.165, 1.54) is 35.7 Å². The Labute approximate surface area is 199 Å². The molecule has 0 aromatic heterocycles. The third-order valence-electron chi connectivity index (χ3n) is 6.52. The van der Waals surface area contributed by atoms with Crippen LogP contribution in [-0.2, 0) is 24.4 Å². The largest absolute Gasteiger partial charge is 0.497 e. The highest BCUT2D eigenvalue weighted by Crippen LogP contribution is 2.37. The van der Waals surface area contributed by atoms with E-state index in [0.29, 0.717) is 18.1 Å². The smallest absolute Gasteiger partial charge is 0.372 e. The van der Waals surface area contributed by atoms with Crippen LogP contribution in [0.3, 0.4) is 0 Å². The van der Waals surface area contributed by atoms with Crippen LogP contribution in [0.15, 0.2) is 24.3 Å². The van der Waals surface area contributed by atoms with Gasteiger partial charge in [-0.25, -0.2) is 12.7 Å². The van der Waals surface area contributed by atoms with Gasteiger partial charge in [0.1, 0.15) is 11.8 Å². The van der Waals surface area contributed by atoms with Gasteiger partial charge in [-0.05, 0) is 42.4 Å². The van der Waals surface area contributed by atoms with Crippen LogP contribution in [0.4, 0.5) is 8.78 Å². The zero-order chi connectivity index (χ0) is 25.0. The van der Waals surface area contributed by atoms with Crippen molar-refractivity contribution in [3.63, 3.8) is 0 Å². The number of hydrogen-bond donors (Lipinski definition) is 1. The lowest BCUT2D eigenvalue weighted by Crippen LogP contribution is -2.46. The normalized spacial score (nSPS) is 23.0. The van der Waals surface area contributed by atoms with Crippen molar-refractivity contribution in [2.24, 2.45) is 11.8 Å². The van der Waals surface area contributed by atoms with Gasteiger partial charge < -0.3 is 4.74 Å². The minimum Gasteiger partial charge on any atom is -0.497 e. The number of alkyl halides is 2. The van der Waals surface area contributed by atoms with Crippen LogP contribution in [0.25, 0.3) is 0 Å². The van der Waals surface area contributed by atoms with Gasteiger partial charge in [0, 0.05) is 19.5 Å². The first-order valence-corrected chi connectivity index (χ1v) is 14.1. The van der Waals surface area contributed by atoms with Crippen LogP contribution < -0.4 is 10.2 Å². The number of piperidine rings is 1. The molecule has 1 saturated carbocycles. The van der Waals surface area contributed by atoms with Crippen molar-refractivity contribution >= 4 is 20.1 Å². The number of rotatable bonds is 10. The molecule has 0 radical (unpaired) electrons. The number of hydroxylamine groups is 1. The summed E-state index contributed by atoms with van der Waals surface area (Å²) in [4.78, 5) is 0. The molecule has 1 aliphatic heterocycles. The molecule has 13 heteroatoms. The highest BCUT2D eigenvalue weighted by atomic mass is 32.2. The fourth-order valence-electron chi connectivity index (χ4n) is 4.46. The first-order chi connectivity index (χ1) is 16.0. The van der Waals surface area contributed by atoms with Crippen LogP contribution in [0, 0.1) is 23.2 Å². The number of nitrogens with one attached hydrogen (secondary N) is 1. The van der Waals surface area contributed by atoms with E-state index in [2.05, 4.69) is 4.28 Å². The lowest BCUT2D eigenvalue weighted by atomic mass is 9.76. The molecule has 34 heavy (non-hydrogen) atoms. The fraction of sp³-hybridized carbons (Fsp3) is 0.667. The van der Waals surface area contributed by atoms with E-state index in [1.54, 1.807) is 6.07 Å². The molecule has 1 N–H and O–H groups in total. The van der Waals surface area contributed by atoms with E-state index in [0.717, 1.165) is 25.7 Å². The Balaban J connectivity index is 1.58. The SMILES string of the molecule is COc1ccc(C(C#N)NOS(=O)(=O)C(F)(F)CCS(=O)(=O)N2CCC3CCCCC3C2)cc1. The van der Waals surface area contributed by atoms with Crippen molar-refractivity contribution in [1.82, 2.24) is 9.79 Å². The van der Waals surface area contributed by atoms with Crippen molar-refractivity contribution in [2.45, 2.75) is 49.8 Å². The number of benzene rings is 1. The lowest BCUT2D eigenvalue weighted by Gasteiger charge is -2.40. The van der Waals surface area contributed by atoms with Gasteiger partial charge >= 0.3 is 15.4 Å². The van der Waals surface area contributed by atoms with Crippen molar-refractivity contribution < 1.29 is 34.6 Å². The summed E-state index contributed by atoms with van der Waals surface area (Å²) in [5, 5.41) is 4.78. The second-order valence-corrected chi connectivity index (χ2v) is 12.4. The summed E-state index contributed by atoms with van der Waals surface area (Å²) in [6.07, 6.45) is 3.34. The van der Waals surface area contributed by atoms with Gasteiger partial charge in [-0.1, -0.05) is 31.4 Å². The zero-order valence-electron chi connectivity index (χ0n) is 18.8. The lowest BCUT2D eigenvalue weighted by molar-refractivity contribution is 0.0551. The third-order valence-corrected chi connectivity index (χ3v) is 9.61. The first kappa shape index (κ1) is 26.7. The minimum absolute atomic E-state index is 0.218. The molecular formula is C21H29F2N3O6S2. The molecule has 1 saturated heterocycles. The van der Waals surface area contributed by atoms with Gasteiger partial charge in [0.2, 0.25) is 10.0 Å². The van der Waals surface area contributed by atoms with Crippen LogP contribution in [-0.4, -0.2) is 52.3 Å². The number of nitrogens with zero attached hydrogens (tertiary/aromatic N) is 2. The summed E-state index contributed by atoms with van der Waals surface area (Å²) in [6.45, 7) is 0.542. The molecule has 3 rings (SSSR count). The molecule has 1 aromatic carbocycles. The van der Waals surface area contributed by atoms with Crippen LogP contribution >= 0.6 is 0 Å². The van der Waals surface area contributed by atoms with Gasteiger partial charge in [-0.15, -0.1) is 0 Å². The molecule has 3 unspecified atom stereocenters. The Hall–Kier alpha value is -1.85. The molecule has 2 aliphatic rings. The maximum atomic E-state index is 14.5. The molecule has 0 bridgehead atoms. The Morgan fingerprint density at radius 3 is 2.41 bits per heavy atom. The summed E-state index contributed by atoms with van der Waals surface area (Å²) < 4.78 is 89.0. The van der Waals surface area contributed by atoms with Crippen LogP contribution in [0.2, 0.25) is 0 Å². The molecule has 1 aliphatic carbocycles. The van der Waals surface area contributed by atoms with E-state index in [-0.39, 0.29) is 24.6 Å². The standard InChI is InChI=1S/C21H29F2N3O6S2/c1-31-19-8-6-17(7-9-19)20(14-24)25-32-34(29,30)21(22,23)11-13-33(27,28)26-12-10-16-4-2-3-5-18(16)15-26/h6-9,16,18,20,25H,2-5,10-13,15H2,1H3. The van der Waals surface area contributed by atoms with E-state index in [4.69, 9.17) is 4.74 Å². The van der Waals surface area contributed by atoms with E-state index >= 15 is 0 Å². The predicted molar refractivity (Wildman–Crippen MR) is 119 cm³/mol. The molecule has 1 aromatic rings. The Kier molecular flexibility index (Phi) is 8.51. The maximum absolute atomic E-state index is 14.5. The Morgan fingerprint density at radius 1 is 1.15 bits per heavy atom. The summed E-state index contributed by atoms with van der Waals surface area (Å²) in [5.41, 5.74) is 2.09. The quantitative estimate of drug-likeness (QED) is 0.466. The highest BCUT2D eigenvalue weighted by molar-refractivity contribution is 7.89. The van der Waals surface area contributed by atoms with Crippen molar-refractivity contribution in [3.8, 4) is 11.8 Å². The summed E-state index contributed by atoms with van der Waals surface area (Å²) in [5.74, 6) is 0.129. The van der Waals surface area contributed by atoms with Crippen molar-refractivity contribution in [1.29, 1.82) is 5.26 Å². The first-order valence-electron chi connectivity index (χ1n) is 11.1. The maximum Gasteiger partial charge on any atom is 0.372 e. The number of halogens is 2. The molecule has 190 valence electrons. The molecule has 2 fully saturated rings. The number of methoxy groups -OCH3 is 1. The van der Waals surface area contributed by atoms with Crippen molar-refractivity contribution in [3.05, 3.63) is 29.8 Å². The molecule has 3 atom stereocenters. The summed E-state index contributed by atoms with van der Waals surface area (Å²) in [7, 11) is -8.19. The molecular weight excluding hydrogens is 492 g/mol. The number of sulfonamides is 1. The molecule has 0 amide bonds. The average Bonchev–Trinajstić information content (AvgIpc) is 2.83. The second kappa shape index (κ2) is 10.8. The van der Waals surface area contributed by atoms with E-state index in [1.807, 2.05) is 5.48 Å². The highest BCUT2D eigenvalue weighted by Gasteiger charge is 2.48. The topological polar surface area (TPSA) is 126 Å². The number of fused-ring (bicyclic) bond motifs is 1. The van der Waals surface area contributed by atoms with Crippen LogP contribution in [0.1, 0.15) is 50.1 Å². The number of ether oxygens (including phenoxy) is 1. The minimum atomic E-state index is -5.56. The molecule has 0 spiro atoms. The van der Waals surface area contributed by atoms with Gasteiger partial charge in [0.05, 0.1) is 18.9 Å². The molecule has 1 heterocycles. The summed E-state index contributed by atoms with van der Waals surface area (Å²) in [6, 6.07) is 6.24. The fourth-order valence-corrected chi connectivity index (χ4v) is 6.86. The zero-order valence-corrected chi connectivity index (χ0v) is 20.5. The predicted octanol–water partition coefficient (Wildman–Crippen LogP) is 2.94. The Bertz CT molecular complexity index is 1090. The van der Waals surface area contributed by atoms with Crippen molar-refractivity contribution in [2.75, 3.05) is 26.0 Å². The number of hydrogen-bond acceptors (Lipinski definition) is 8. The molecule has 9 nitrogen and oxygen atoms in total. The van der Waals surface area contributed by atoms with Gasteiger partial charge in [-0.2, -0.15) is 32.2 Å². The van der Waals surface area contributed by atoms with Gasteiger partial charge in [0.25, 0.3) is 0 Å². The Morgan fingerprint density at radius 2 is 1.79 bits per heavy atom. The number of nitriles is 1.